The number of carbonyl (C=O) groups excluding carboxylic acids is 1. The summed E-state index contributed by atoms with van der Waals surface area (Å²) in [5, 5.41) is 10.1. The molecular formula is C14H20O5. The van der Waals surface area contributed by atoms with Gasteiger partial charge in [-0.25, -0.2) is 4.79 Å². The molecule has 1 heterocycles. The van der Waals surface area contributed by atoms with Crippen molar-refractivity contribution >= 4 is 5.97 Å². The van der Waals surface area contributed by atoms with E-state index in [2.05, 4.69) is 0 Å². The van der Waals surface area contributed by atoms with Crippen molar-refractivity contribution in [3.05, 3.63) is 11.6 Å². The molecule has 5 nitrogen and oxygen atoms in total. The number of hydrogen-bond donors (Lipinski definition) is 1. The second kappa shape index (κ2) is 4.30. The van der Waals surface area contributed by atoms with Crippen molar-refractivity contribution in [2.24, 2.45) is 11.8 Å². The third-order valence-corrected chi connectivity index (χ3v) is 4.20. The van der Waals surface area contributed by atoms with Gasteiger partial charge in [-0.1, -0.05) is 0 Å². The Labute approximate surface area is 112 Å². The molecule has 106 valence electrons. The number of aliphatic hydroxyl groups is 1. The van der Waals surface area contributed by atoms with Crippen LogP contribution >= 0.6 is 0 Å². The molecule has 0 unspecified atom stereocenters. The van der Waals surface area contributed by atoms with E-state index < -0.39 is 11.9 Å². The lowest BCUT2D eigenvalue weighted by Crippen LogP contribution is -2.30. The molecule has 2 aliphatic carbocycles. The molecule has 1 aliphatic heterocycles. The van der Waals surface area contributed by atoms with Crippen LogP contribution in [0.1, 0.15) is 27.2 Å². The molecule has 2 fully saturated rings. The minimum absolute atomic E-state index is 0.00510. The maximum atomic E-state index is 12.0. The second-order valence-electron chi connectivity index (χ2n) is 5.90. The van der Waals surface area contributed by atoms with E-state index in [9.17, 15) is 9.90 Å². The SMILES string of the molecule is CCOC(=O)C1=C[C@H](O)[C@@H]2C[C@H]3OC(C)(C)O[C@H]3[C@H]12. The van der Waals surface area contributed by atoms with E-state index in [4.69, 9.17) is 14.2 Å². The maximum Gasteiger partial charge on any atom is 0.334 e. The molecule has 0 amide bonds. The molecule has 1 N–H and O–H groups in total. The fraction of sp³-hybridized carbons (Fsp3) is 0.786. The third kappa shape index (κ3) is 2.00. The van der Waals surface area contributed by atoms with Crippen LogP contribution in [0.4, 0.5) is 0 Å². The van der Waals surface area contributed by atoms with Gasteiger partial charge < -0.3 is 19.3 Å². The molecule has 1 saturated carbocycles. The number of rotatable bonds is 2. The van der Waals surface area contributed by atoms with Gasteiger partial charge in [-0.05, 0) is 33.3 Å². The van der Waals surface area contributed by atoms with Crippen LogP contribution in [0.5, 0.6) is 0 Å². The average molecular weight is 268 g/mol. The Morgan fingerprint density at radius 3 is 2.95 bits per heavy atom. The van der Waals surface area contributed by atoms with E-state index in [1.165, 1.54) is 0 Å². The fourth-order valence-electron chi connectivity index (χ4n) is 3.60. The van der Waals surface area contributed by atoms with E-state index in [1.807, 2.05) is 13.8 Å². The van der Waals surface area contributed by atoms with Crippen molar-refractivity contribution in [1.29, 1.82) is 0 Å². The largest absolute Gasteiger partial charge is 0.463 e. The highest BCUT2D eigenvalue weighted by molar-refractivity contribution is 5.90. The molecule has 0 radical (unpaired) electrons. The first-order chi connectivity index (χ1) is 8.93. The summed E-state index contributed by atoms with van der Waals surface area (Å²) < 4.78 is 16.8. The Kier molecular flexibility index (Phi) is 2.96. The summed E-state index contributed by atoms with van der Waals surface area (Å²) in [6.45, 7) is 5.86. The van der Waals surface area contributed by atoms with E-state index in [-0.39, 0.29) is 30.0 Å². The van der Waals surface area contributed by atoms with Gasteiger partial charge in [-0.3, -0.25) is 0 Å². The standard InChI is InChI=1S/C14H20O5/c1-4-17-13(16)8-5-9(15)7-6-10-12(11(7)8)19-14(2,3)18-10/h5,7,9-12,15H,4,6H2,1-3H3/t7-,9-,10+,11-,12+/m0/s1. The quantitative estimate of drug-likeness (QED) is 0.757. The lowest BCUT2D eigenvalue weighted by Gasteiger charge is -2.24. The lowest BCUT2D eigenvalue weighted by molar-refractivity contribution is -0.161. The van der Waals surface area contributed by atoms with Crippen LogP contribution in [-0.2, 0) is 19.0 Å². The van der Waals surface area contributed by atoms with E-state index >= 15 is 0 Å². The molecule has 1 saturated heterocycles. The predicted octanol–water partition coefficient (Wildman–Crippen LogP) is 1.01. The Morgan fingerprint density at radius 1 is 1.53 bits per heavy atom. The molecule has 0 aromatic heterocycles. The van der Waals surface area contributed by atoms with Gasteiger partial charge in [0.05, 0.1) is 24.9 Å². The molecule has 3 aliphatic rings. The highest BCUT2D eigenvalue weighted by Crippen LogP contribution is 2.51. The van der Waals surface area contributed by atoms with Crippen molar-refractivity contribution in [1.82, 2.24) is 0 Å². The van der Waals surface area contributed by atoms with Gasteiger partial charge in [-0.15, -0.1) is 0 Å². The fourth-order valence-corrected chi connectivity index (χ4v) is 3.60. The van der Waals surface area contributed by atoms with Crippen molar-refractivity contribution in [2.45, 2.75) is 51.3 Å². The summed E-state index contributed by atoms with van der Waals surface area (Å²) in [5.41, 5.74) is 0.549. The van der Waals surface area contributed by atoms with Crippen LogP contribution in [0.3, 0.4) is 0 Å². The van der Waals surface area contributed by atoms with Gasteiger partial charge in [0.2, 0.25) is 0 Å². The third-order valence-electron chi connectivity index (χ3n) is 4.20. The number of carbonyl (C=O) groups is 1. The zero-order valence-electron chi connectivity index (χ0n) is 11.5. The average Bonchev–Trinajstić information content (AvgIpc) is 2.88. The molecule has 19 heavy (non-hydrogen) atoms. The number of aliphatic hydroxyl groups excluding tert-OH is 1. The summed E-state index contributed by atoms with van der Waals surface area (Å²) >= 11 is 0. The van der Waals surface area contributed by atoms with Gasteiger partial charge in [0, 0.05) is 17.4 Å². The molecular weight excluding hydrogens is 248 g/mol. The molecule has 5 heteroatoms. The normalized spacial score (nSPS) is 42.7. The Hall–Kier alpha value is -0.910. The Bertz CT molecular complexity index is 428. The van der Waals surface area contributed by atoms with Gasteiger partial charge in [0.1, 0.15) is 0 Å². The second-order valence-corrected chi connectivity index (χ2v) is 5.90. The minimum Gasteiger partial charge on any atom is -0.463 e. The predicted molar refractivity (Wildman–Crippen MR) is 66.1 cm³/mol. The maximum absolute atomic E-state index is 12.0. The highest BCUT2D eigenvalue weighted by Gasteiger charge is 2.58. The van der Waals surface area contributed by atoms with Gasteiger partial charge >= 0.3 is 5.97 Å². The van der Waals surface area contributed by atoms with Gasteiger partial charge in [-0.2, -0.15) is 0 Å². The van der Waals surface area contributed by atoms with E-state index in [0.717, 1.165) is 6.42 Å². The topological polar surface area (TPSA) is 65.0 Å². The number of hydrogen-bond acceptors (Lipinski definition) is 5. The lowest BCUT2D eigenvalue weighted by atomic mass is 9.92. The smallest absolute Gasteiger partial charge is 0.334 e. The Balaban J connectivity index is 1.85. The van der Waals surface area contributed by atoms with E-state index in [1.54, 1.807) is 13.0 Å². The number of fused-ring (bicyclic) bond motifs is 3. The molecule has 3 rings (SSSR count). The van der Waals surface area contributed by atoms with Gasteiger partial charge in [0.15, 0.2) is 5.79 Å². The molecule has 5 atom stereocenters. The van der Waals surface area contributed by atoms with Crippen LogP contribution in [0.15, 0.2) is 11.6 Å². The van der Waals surface area contributed by atoms with E-state index in [0.29, 0.717) is 12.2 Å². The minimum atomic E-state index is -0.617. The van der Waals surface area contributed by atoms with Crippen LogP contribution in [0.25, 0.3) is 0 Å². The summed E-state index contributed by atoms with van der Waals surface area (Å²) in [7, 11) is 0. The molecule has 0 aromatic carbocycles. The molecule has 0 spiro atoms. The van der Waals surface area contributed by atoms with Crippen LogP contribution in [0, 0.1) is 11.8 Å². The van der Waals surface area contributed by atoms with Crippen LogP contribution in [-0.4, -0.2) is 41.8 Å². The van der Waals surface area contributed by atoms with Crippen molar-refractivity contribution in [2.75, 3.05) is 6.61 Å². The number of ether oxygens (including phenoxy) is 3. The first-order valence-electron chi connectivity index (χ1n) is 6.85. The molecule has 0 aromatic rings. The number of esters is 1. The summed E-state index contributed by atoms with van der Waals surface area (Å²) in [5.74, 6) is -1.07. The summed E-state index contributed by atoms with van der Waals surface area (Å²) in [6.07, 6.45) is 1.54. The first kappa shape index (κ1) is 13.1. The van der Waals surface area contributed by atoms with Crippen molar-refractivity contribution < 1.29 is 24.1 Å². The monoisotopic (exact) mass is 268 g/mol. The first-order valence-corrected chi connectivity index (χ1v) is 6.85. The molecule has 0 bridgehead atoms. The Morgan fingerprint density at radius 2 is 2.26 bits per heavy atom. The highest BCUT2D eigenvalue weighted by atomic mass is 16.8. The van der Waals surface area contributed by atoms with Crippen molar-refractivity contribution in [3.8, 4) is 0 Å². The van der Waals surface area contributed by atoms with Crippen LogP contribution in [0.2, 0.25) is 0 Å². The van der Waals surface area contributed by atoms with Crippen LogP contribution < -0.4 is 0 Å². The zero-order valence-corrected chi connectivity index (χ0v) is 11.5. The van der Waals surface area contributed by atoms with Gasteiger partial charge in [0.25, 0.3) is 0 Å². The summed E-state index contributed by atoms with van der Waals surface area (Å²) in [6, 6.07) is 0. The zero-order chi connectivity index (χ0) is 13.8. The summed E-state index contributed by atoms with van der Waals surface area (Å²) in [4.78, 5) is 12.0. The van der Waals surface area contributed by atoms with Crippen molar-refractivity contribution in [3.63, 3.8) is 0 Å².